The van der Waals surface area contributed by atoms with Crippen LogP contribution in [-0.4, -0.2) is 51.4 Å². The maximum Gasteiger partial charge on any atom is 0.265 e. The predicted octanol–water partition coefficient (Wildman–Crippen LogP) is 2.20. The Morgan fingerprint density at radius 2 is 2.04 bits per heavy atom. The van der Waals surface area contributed by atoms with Gasteiger partial charge >= 0.3 is 0 Å². The molecule has 1 N–H and O–H groups in total. The van der Waals surface area contributed by atoms with Crippen molar-refractivity contribution >= 4 is 17.2 Å². The second-order valence-electron chi connectivity index (χ2n) is 5.58. The van der Waals surface area contributed by atoms with E-state index in [1.54, 1.807) is 24.7 Å². The van der Waals surface area contributed by atoms with Gasteiger partial charge in [-0.15, -0.1) is 11.3 Å². The van der Waals surface area contributed by atoms with E-state index in [-0.39, 0.29) is 5.91 Å². The second-order valence-corrected chi connectivity index (χ2v) is 6.61. The first-order chi connectivity index (χ1) is 11.3. The number of carbonyl (C=O) groups excluding carboxylic acids is 1. The summed E-state index contributed by atoms with van der Waals surface area (Å²) < 4.78 is 0. The summed E-state index contributed by atoms with van der Waals surface area (Å²) in [5.41, 5.74) is 0. The smallest absolute Gasteiger partial charge is 0.265 e. The van der Waals surface area contributed by atoms with E-state index in [1.807, 2.05) is 4.90 Å². The molecule has 3 rings (SSSR count). The van der Waals surface area contributed by atoms with Crippen LogP contribution in [0.25, 0.3) is 10.8 Å². The lowest BCUT2D eigenvalue weighted by molar-refractivity contribution is 0.0647. The predicted molar refractivity (Wildman–Crippen MR) is 90.4 cm³/mol. The van der Waals surface area contributed by atoms with Crippen molar-refractivity contribution in [1.29, 1.82) is 0 Å². The van der Waals surface area contributed by atoms with Crippen LogP contribution in [0.2, 0.25) is 0 Å². The molecule has 6 nitrogen and oxygen atoms in total. The van der Waals surface area contributed by atoms with E-state index in [2.05, 4.69) is 27.2 Å². The second kappa shape index (κ2) is 7.61. The fourth-order valence-electron chi connectivity index (χ4n) is 2.84. The molecule has 122 valence electrons. The van der Waals surface area contributed by atoms with Crippen LogP contribution >= 0.6 is 11.3 Å². The Kier molecular flexibility index (Phi) is 5.30. The summed E-state index contributed by atoms with van der Waals surface area (Å²) in [5.74, 6) is 0.652. The van der Waals surface area contributed by atoms with Crippen LogP contribution in [0.15, 0.2) is 24.7 Å². The average Bonchev–Trinajstić information content (AvgIpc) is 3.11. The standard InChI is InChI=1S/C16H21N5OS/c1-2-10-21(12-4-8-17-9-5-12)16(22)13-11-20-15(23-13)14-18-6-3-7-19-14/h3,6-7,11-12,17H,2,4-5,8-10H2,1H3. The molecule has 3 heterocycles. The summed E-state index contributed by atoms with van der Waals surface area (Å²) in [7, 11) is 0. The molecule has 23 heavy (non-hydrogen) atoms. The van der Waals surface area contributed by atoms with Crippen molar-refractivity contribution in [3.05, 3.63) is 29.5 Å². The SMILES string of the molecule is CCCN(C(=O)c1cnc(-c2ncccn2)s1)C1CCNCC1. The van der Waals surface area contributed by atoms with Crippen molar-refractivity contribution in [2.24, 2.45) is 0 Å². The largest absolute Gasteiger partial charge is 0.335 e. The highest BCUT2D eigenvalue weighted by atomic mass is 32.1. The number of nitrogens with zero attached hydrogens (tertiary/aromatic N) is 4. The molecular weight excluding hydrogens is 310 g/mol. The van der Waals surface area contributed by atoms with Gasteiger partial charge in [-0.1, -0.05) is 6.92 Å². The van der Waals surface area contributed by atoms with Crippen molar-refractivity contribution in [3.63, 3.8) is 0 Å². The zero-order valence-electron chi connectivity index (χ0n) is 13.2. The number of nitrogens with one attached hydrogen (secondary N) is 1. The van der Waals surface area contributed by atoms with Gasteiger partial charge in [0.1, 0.15) is 4.88 Å². The molecule has 0 spiro atoms. The fraction of sp³-hybridized carbons (Fsp3) is 0.500. The Labute approximate surface area is 140 Å². The van der Waals surface area contributed by atoms with Crippen molar-refractivity contribution in [3.8, 4) is 10.8 Å². The van der Waals surface area contributed by atoms with Gasteiger partial charge in [-0.2, -0.15) is 0 Å². The van der Waals surface area contributed by atoms with E-state index in [0.717, 1.165) is 38.9 Å². The molecule has 0 saturated carbocycles. The van der Waals surface area contributed by atoms with Gasteiger partial charge in [0.05, 0.1) is 6.20 Å². The number of rotatable bonds is 5. The molecule has 0 aromatic carbocycles. The number of hydrogen-bond donors (Lipinski definition) is 1. The minimum absolute atomic E-state index is 0.0819. The van der Waals surface area contributed by atoms with Gasteiger partial charge < -0.3 is 10.2 Å². The molecule has 0 aliphatic carbocycles. The van der Waals surface area contributed by atoms with Crippen LogP contribution in [0.3, 0.4) is 0 Å². The number of carbonyl (C=O) groups is 1. The number of piperidine rings is 1. The summed E-state index contributed by atoms with van der Waals surface area (Å²) in [6.45, 7) is 4.85. The minimum atomic E-state index is 0.0819. The minimum Gasteiger partial charge on any atom is -0.335 e. The molecule has 1 saturated heterocycles. The number of hydrogen-bond acceptors (Lipinski definition) is 6. The third-order valence-electron chi connectivity index (χ3n) is 3.95. The van der Waals surface area contributed by atoms with E-state index >= 15 is 0 Å². The lowest BCUT2D eigenvalue weighted by atomic mass is 10.0. The van der Waals surface area contributed by atoms with Gasteiger partial charge in [-0.3, -0.25) is 4.79 Å². The highest BCUT2D eigenvalue weighted by Crippen LogP contribution is 2.24. The summed E-state index contributed by atoms with van der Waals surface area (Å²) in [6.07, 6.45) is 8.01. The van der Waals surface area contributed by atoms with E-state index in [4.69, 9.17) is 0 Å². The Bertz CT molecular complexity index is 639. The Morgan fingerprint density at radius 1 is 1.30 bits per heavy atom. The zero-order valence-corrected chi connectivity index (χ0v) is 14.1. The van der Waals surface area contributed by atoms with Crippen LogP contribution in [-0.2, 0) is 0 Å². The summed E-state index contributed by atoms with van der Waals surface area (Å²) >= 11 is 1.37. The molecule has 0 atom stereocenters. The molecule has 0 bridgehead atoms. The fourth-order valence-corrected chi connectivity index (χ4v) is 3.66. The average molecular weight is 331 g/mol. The van der Waals surface area contributed by atoms with E-state index < -0.39 is 0 Å². The molecule has 1 amide bonds. The van der Waals surface area contributed by atoms with Crippen LogP contribution in [0.4, 0.5) is 0 Å². The topological polar surface area (TPSA) is 71.0 Å². The van der Waals surface area contributed by atoms with Gasteiger partial charge in [-0.25, -0.2) is 15.0 Å². The molecule has 0 radical (unpaired) electrons. The van der Waals surface area contributed by atoms with Crippen molar-refractivity contribution in [1.82, 2.24) is 25.2 Å². The van der Waals surface area contributed by atoms with Crippen molar-refractivity contribution in [2.75, 3.05) is 19.6 Å². The van der Waals surface area contributed by atoms with Crippen molar-refractivity contribution in [2.45, 2.75) is 32.2 Å². The first kappa shape index (κ1) is 16.0. The van der Waals surface area contributed by atoms with E-state index in [9.17, 15) is 4.79 Å². The molecule has 1 aliphatic heterocycles. The van der Waals surface area contributed by atoms with E-state index in [1.165, 1.54) is 11.3 Å². The van der Waals surface area contributed by atoms with Crippen LogP contribution in [0.5, 0.6) is 0 Å². The quantitative estimate of drug-likeness (QED) is 0.909. The number of aromatic nitrogens is 3. The maximum atomic E-state index is 12.9. The molecule has 7 heteroatoms. The number of amides is 1. The Hall–Kier alpha value is -1.86. The highest BCUT2D eigenvalue weighted by molar-refractivity contribution is 7.16. The molecular formula is C16H21N5OS. The first-order valence-electron chi connectivity index (χ1n) is 8.04. The van der Waals surface area contributed by atoms with Gasteiger partial charge in [0.25, 0.3) is 5.91 Å². The normalized spacial score (nSPS) is 15.5. The third kappa shape index (κ3) is 3.73. The Balaban J connectivity index is 1.78. The first-order valence-corrected chi connectivity index (χ1v) is 8.86. The summed E-state index contributed by atoms with van der Waals surface area (Å²) in [5, 5.41) is 4.04. The van der Waals surface area contributed by atoms with E-state index in [0.29, 0.717) is 21.8 Å². The lowest BCUT2D eigenvalue weighted by Gasteiger charge is -2.34. The number of thiazole rings is 1. The monoisotopic (exact) mass is 331 g/mol. The molecule has 1 aliphatic rings. The van der Waals surface area contributed by atoms with Crippen molar-refractivity contribution < 1.29 is 4.79 Å². The molecule has 1 fully saturated rings. The zero-order chi connectivity index (χ0) is 16.1. The lowest BCUT2D eigenvalue weighted by Crippen LogP contribution is -2.46. The highest BCUT2D eigenvalue weighted by Gasteiger charge is 2.27. The summed E-state index contributed by atoms with van der Waals surface area (Å²) in [4.78, 5) is 28.3. The molecule has 2 aromatic rings. The van der Waals surface area contributed by atoms with Crippen LogP contribution < -0.4 is 5.32 Å². The summed E-state index contributed by atoms with van der Waals surface area (Å²) in [6, 6.07) is 2.09. The maximum absolute atomic E-state index is 12.9. The molecule has 2 aromatic heterocycles. The van der Waals surface area contributed by atoms with Crippen LogP contribution in [0.1, 0.15) is 35.9 Å². The van der Waals surface area contributed by atoms with Gasteiger partial charge in [0, 0.05) is 25.0 Å². The van der Waals surface area contributed by atoms with Crippen LogP contribution in [0, 0.1) is 0 Å². The van der Waals surface area contributed by atoms with Gasteiger partial charge in [0.2, 0.25) is 0 Å². The van der Waals surface area contributed by atoms with Gasteiger partial charge in [-0.05, 0) is 38.4 Å². The molecule has 0 unspecified atom stereocenters. The third-order valence-corrected chi connectivity index (χ3v) is 4.93. The Morgan fingerprint density at radius 3 is 2.74 bits per heavy atom. The van der Waals surface area contributed by atoms with Gasteiger partial charge in [0.15, 0.2) is 10.8 Å².